The van der Waals surface area contributed by atoms with Crippen LogP contribution in [0, 0.1) is 13.8 Å². The van der Waals surface area contributed by atoms with Crippen LogP contribution in [0.25, 0.3) is 0 Å². The summed E-state index contributed by atoms with van der Waals surface area (Å²) in [6.07, 6.45) is 1.15. The van der Waals surface area contributed by atoms with Crippen molar-refractivity contribution in [2.24, 2.45) is 5.73 Å². The predicted molar refractivity (Wildman–Crippen MR) is 85.3 cm³/mol. The number of halogens is 1. The van der Waals surface area contributed by atoms with Crippen LogP contribution in [0.5, 0.6) is 5.75 Å². The van der Waals surface area contributed by atoms with Gasteiger partial charge in [-0.3, -0.25) is 4.79 Å². The van der Waals surface area contributed by atoms with E-state index in [1.54, 1.807) is 7.11 Å². The minimum Gasteiger partial charge on any atom is -0.496 e. The number of hydrogen-bond acceptors (Lipinski definition) is 4. The molecule has 0 bridgehead atoms. The smallest absolute Gasteiger partial charge is 0.253 e. The zero-order chi connectivity index (χ0) is 14.7. The number of methoxy groups -OCH3 is 1. The first-order valence-corrected chi connectivity index (χ1v) is 6.87. The minimum atomic E-state index is -0.407. The Morgan fingerprint density at radius 2 is 2.14 bits per heavy atom. The van der Waals surface area contributed by atoms with Crippen LogP contribution >= 0.6 is 12.4 Å². The van der Waals surface area contributed by atoms with Crippen molar-refractivity contribution in [1.29, 1.82) is 0 Å². The normalized spacial score (nSPS) is 20.8. The number of carbonyl (C=O) groups is 1. The first-order chi connectivity index (χ1) is 9.56. The van der Waals surface area contributed by atoms with Crippen LogP contribution in [0.15, 0.2) is 12.1 Å². The lowest BCUT2D eigenvalue weighted by Crippen LogP contribution is -2.30. The molecule has 1 aromatic carbocycles. The van der Waals surface area contributed by atoms with Crippen LogP contribution in [0.2, 0.25) is 0 Å². The first-order valence-electron chi connectivity index (χ1n) is 6.87. The Balaban J connectivity index is 0.00000220. The van der Waals surface area contributed by atoms with Gasteiger partial charge in [0.15, 0.2) is 0 Å². The van der Waals surface area contributed by atoms with Gasteiger partial charge >= 0.3 is 0 Å². The van der Waals surface area contributed by atoms with Crippen molar-refractivity contribution in [1.82, 2.24) is 0 Å². The second-order valence-corrected chi connectivity index (χ2v) is 5.14. The fourth-order valence-corrected chi connectivity index (χ4v) is 2.56. The van der Waals surface area contributed by atoms with Crippen LogP contribution in [0.4, 0.5) is 5.69 Å². The quantitative estimate of drug-likeness (QED) is 0.893. The van der Waals surface area contributed by atoms with E-state index in [2.05, 4.69) is 5.32 Å². The molecule has 1 heterocycles. The van der Waals surface area contributed by atoms with E-state index in [-0.39, 0.29) is 24.4 Å². The molecule has 2 atom stereocenters. The first kappa shape index (κ1) is 17.8. The predicted octanol–water partition coefficient (Wildman–Crippen LogP) is 2.18. The van der Waals surface area contributed by atoms with Crippen molar-refractivity contribution in [3.63, 3.8) is 0 Å². The lowest BCUT2D eigenvalue weighted by atomic mass is 10.1. The van der Waals surface area contributed by atoms with E-state index in [4.69, 9.17) is 15.2 Å². The molecule has 1 amide bonds. The Labute approximate surface area is 131 Å². The Bertz CT molecular complexity index is 508. The number of hydrogen-bond donors (Lipinski definition) is 2. The molecule has 118 valence electrons. The summed E-state index contributed by atoms with van der Waals surface area (Å²) in [6, 6.07) is 3.82. The van der Waals surface area contributed by atoms with Gasteiger partial charge in [-0.05, 0) is 38.3 Å². The van der Waals surface area contributed by atoms with E-state index >= 15 is 0 Å². The van der Waals surface area contributed by atoms with Crippen LogP contribution in [0.3, 0.4) is 0 Å². The molecular formula is C15H23ClN2O3. The van der Waals surface area contributed by atoms with Crippen molar-refractivity contribution < 1.29 is 14.3 Å². The number of nitrogens with one attached hydrogen (secondary N) is 1. The Kier molecular flexibility index (Phi) is 6.45. The van der Waals surface area contributed by atoms with Gasteiger partial charge in [-0.15, -0.1) is 12.4 Å². The molecule has 1 saturated heterocycles. The molecule has 0 spiro atoms. The van der Waals surface area contributed by atoms with E-state index in [9.17, 15) is 4.79 Å². The summed E-state index contributed by atoms with van der Waals surface area (Å²) in [5.41, 5.74) is 8.29. The standard InChI is InChI=1S/C15H22N2O3.ClH/c1-9-4-6-12(10(2)14(9)19-3)17-15(18)13-7-5-11(8-16)20-13;/h4,6,11,13H,5,7-8,16H2,1-3H3,(H,17,18);1H/t11-,13+;/m1./s1. The highest BCUT2D eigenvalue weighted by atomic mass is 35.5. The minimum absolute atomic E-state index is 0. The third-order valence-electron chi connectivity index (χ3n) is 3.73. The van der Waals surface area contributed by atoms with Crippen LogP contribution in [-0.2, 0) is 9.53 Å². The monoisotopic (exact) mass is 314 g/mol. The fraction of sp³-hybridized carbons (Fsp3) is 0.533. The SMILES string of the molecule is COc1c(C)ccc(NC(=O)[C@@H]2CC[C@H](CN)O2)c1C.Cl. The van der Waals surface area contributed by atoms with Gasteiger partial charge in [0, 0.05) is 17.8 Å². The lowest BCUT2D eigenvalue weighted by molar-refractivity contribution is -0.126. The highest BCUT2D eigenvalue weighted by Crippen LogP contribution is 2.30. The number of rotatable bonds is 4. The summed E-state index contributed by atoms with van der Waals surface area (Å²) in [6.45, 7) is 4.37. The summed E-state index contributed by atoms with van der Waals surface area (Å²) in [7, 11) is 1.63. The summed E-state index contributed by atoms with van der Waals surface area (Å²) >= 11 is 0. The number of aryl methyl sites for hydroxylation is 1. The van der Waals surface area contributed by atoms with E-state index in [0.29, 0.717) is 6.54 Å². The highest BCUT2D eigenvalue weighted by molar-refractivity contribution is 5.95. The number of ether oxygens (including phenoxy) is 2. The maximum absolute atomic E-state index is 12.2. The lowest BCUT2D eigenvalue weighted by Gasteiger charge is -2.16. The van der Waals surface area contributed by atoms with Crippen molar-refractivity contribution in [2.75, 3.05) is 19.0 Å². The van der Waals surface area contributed by atoms with Gasteiger partial charge in [0.2, 0.25) is 0 Å². The zero-order valence-corrected chi connectivity index (χ0v) is 13.5. The number of amides is 1. The van der Waals surface area contributed by atoms with E-state index < -0.39 is 6.10 Å². The highest BCUT2D eigenvalue weighted by Gasteiger charge is 2.30. The largest absolute Gasteiger partial charge is 0.496 e. The molecule has 5 nitrogen and oxygen atoms in total. The van der Waals surface area contributed by atoms with Crippen molar-refractivity contribution in [2.45, 2.75) is 38.9 Å². The van der Waals surface area contributed by atoms with Gasteiger partial charge < -0.3 is 20.5 Å². The maximum Gasteiger partial charge on any atom is 0.253 e. The number of nitrogens with two attached hydrogens (primary N) is 1. The van der Waals surface area contributed by atoms with Gasteiger partial charge in [0.25, 0.3) is 5.91 Å². The van der Waals surface area contributed by atoms with Crippen LogP contribution in [-0.4, -0.2) is 31.8 Å². The summed E-state index contributed by atoms with van der Waals surface area (Å²) in [5, 5.41) is 2.91. The van der Waals surface area contributed by atoms with E-state index in [0.717, 1.165) is 35.4 Å². The molecule has 0 unspecified atom stereocenters. The second kappa shape index (κ2) is 7.64. The average molecular weight is 315 g/mol. The molecule has 1 aromatic rings. The average Bonchev–Trinajstić information content (AvgIpc) is 2.91. The number of carbonyl (C=O) groups excluding carboxylic acids is 1. The van der Waals surface area contributed by atoms with Crippen molar-refractivity contribution in [3.8, 4) is 5.75 Å². The fourth-order valence-electron chi connectivity index (χ4n) is 2.56. The molecule has 21 heavy (non-hydrogen) atoms. The zero-order valence-electron chi connectivity index (χ0n) is 12.6. The molecule has 6 heteroatoms. The summed E-state index contributed by atoms with van der Waals surface area (Å²) in [4.78, 5) is 12.2. The summed E-state index contributed by atoms with van der Waals surface area (Å²) < 4.78 is 11.0. The molecule has 1 aliphatic heterocycles. The Hall–Kier alpha value is -1.30. The molecule has 1 fully saturated rings. The van der Waals surface area contributed by atoms with Gasteiger partial charge in [0.1, 0.15) is 11.9 Å². The molecule has 3 N–H and O–H groups in total. The van der Waals surface area contributed by atoms with Gasteiger partial charge in [-0.2, -0.15) is 0 Å². The second-order valence-electron chi connectivity index (χ2n) is 5.14. The van der Waals surface area contributed by atoms with Gasteiger partial charge in [0.05, 0.1) is 13.2 Å². The molecule has 2 rings (SSSR count). The van der Waals surface area contributed by atoms with Crippen LogP contribution < -0.4 is 15.8 Å². The van der Waals surface area contributed by atoms with Gasteiger partial charge in [-0.1, -0.05) is 6.07 Å². The molecule has 0 radical (unpaired) electrons. The molecule has 0 aliphatic carbocycles. The van der Waals surface area contributed by atoms with E-state index in [1.165, 1.54) is 0 Å². The molecule has 0 aromatic heterocycles. The van der Waals surface area contributed by atoms with Crippen molar-refractivity contribution in [3.05, 3.63) is 23.3 Å². The maximum atomic E-state index is 12.2. The molecule has 0 saturated carbocycles. The third-order valence-corrected chi connectivity index (χ3v) is 3.73. The Morgan fingerprint density at radius 3 is 2.71 bits per heavy atom. The van der Waals surface area contributed by atoms with Crippen molar-refractivity contribution >= 4 is 24.0 Å². The summed E-state index contributed by atoms with van der Waals surface area (Å²) in [5.74, 6) is 0.685. The van der Waals surface area contributed by atoms with E-state index in [1.807, 2.05) is 26.0 Å². The third kappa shape index (κ3) is 3.87. The number of anilines is 1. The van der Waals surface area contributed by atoms with Crippen LogP contribution in [0.1, 0.15) is 24.0 Å². The Morgan fingerprint density at radius 1 is 1.43 bits per heavy atom. The number of benzene rings is 1. The molecule has 1 aliphatic rings. The van der Waals surface area contributed by atoms with Gasteiger partial charge in [-0.25, -0.2) is 0 Å². The topological polar surface area (TPSA) is 73.6 Å². The molecular weight excluding hydrogens is 292 g/mol.